The Balaban J connectivity index is 2.13. The molecule has 0 radical (unpaired) electrons. The Bertz CT molecular complexity index is 641. The lowest BCUT2D eigenvalue weighted by Crippen LogP contribution is -2.26. The zero-order valence-corrected chi connectivity index (χ0v) is 12.9. The molecule has 0 heterocycles. The van der Waals surface area contributed by atoms with E-state index in [0.29, 0.717) is 17.8 Å². The molecule has 3 N–H and O–H groups in total. The standard InChI is InChI=1S/C16H18N2O2S/c1-18(10-11-3-6-13(21-2)7-4-11)16(20)14-9-12(19)5-8-15(14)17/h3-9,19H,10,17H2,1-2H3. The van der Waals surface area contributed by atoms with Crippen LogP contribution in [0.15, 0.2) is 47.4 Å². The van der Waals surface area contributed by atoms with Gasteiger partial charge in [-0.2, -0.15) is 0 Å². The molecule has 110 valence electrons. The summed E-state index contributed by atoms with van der Waals surface area (Å²) in [4.78, 5) is 15.1. The van der Waals surface area contributed by atoms with E-state index >= 15 is 0 Å². The van der Waals surface area contributed by atoms with E-state index in [9.17, 15) is 9.90 Å². The molecule has 0 unspecified atom stereocenters. The molecule has 0 bridgehead atoms. The molecule has 1 amide bonds. The molecule has 0 aliphatic carbocycles. The fourth-order valence-corrected chi connectivity index (χ4v) is 2.42. The minimum Gasteiger partial charge on any atom is -0.508 e. The lowest BCUT2D eigenvalue weighted by Gasteiger charge is -2.18. The number of amides is 1. The molecule has 0 aliphatic heterocycles. The van der Waals surface area contributed by atoms with Gasteiger partial charge in [0.05, 0.1) is 5.56 Å². The van der Waals surface area contributed by atoms with Crippen molar-refractivity contribution >= 4 is 23.4 Å². The first-order chi connectivity index (χ1) is 10.0. The van der Waals surface area contributed by atoms with Crippen molar-refractivity contribution in [2.75, 3.05) is 19.0 Å². The molecule has 2 rings (SSSR count). The van der Waals surface area contributed by atoms with Gasteiger partial charge in [0.2, 0.25) is 0 Å². The molecule has 0 spiro atoms. The number of aromatic hydroxyl groups is 1. The number of phenolic OH excluding ortho intramolecular Hbond substituents is 1. The topological polar surface area (TPSA) is 66.6 Å². The summed E-state index contributed by atoms with van der Waals surface area (Å²) in [6.07, 6.45) is 2.02. The third kappa shape index (κ3) is 3.70. The van der Waals surface area contributed by atoms with E-state index in [0.717, 1.165) is 5.56 Å². The van der Waals surface area contributed by atoms with Crippen molar-refractivity contribution in [1.82, 2.24) is 4.90 Å². The van der Waals surface area contributed by atoms with Gasteiger partial charge in [-0.05, 0) is 42.2 Å². The van der Waals surface area contributed by atoms with Crippen molar-refractivity contribution in [2.24, 2.45) is 0 Å². The molecule has 21 heavy (non-hydrogen) atoms. The number of nitrogens with two attached hydrogens (primary N) is 1. The molecule has 0 saturated carbocycles. The summed E-state index contributed by atoms with van der Waals surface area (Å²) in [5.74, 6) is -0.178. The number of nitrogen functional groups attached to an aromatic ring is 1. The van der Waals surface area contributed by atoms with Gasteiger partial charge in [-0.25, -0.2) is 0 Å². The molecule has 0 aliphatic rings. The second kappa shape index (κ2) is 6.54. The molecule has 4 nitrogen and oxygen atoms in total. The maximum Gasteiger partial charge on any atom is 0.256 e. The van der Waals surface area contributed by atoms with Crippen molar-refractivity contribution < 1.29 is 9.90 Å². The maximum atomic E-state index is 12.4. The summed E-state index contributed by atoms with van der Waals surface area (Å²) in [5, 5.41) is 9.49. The van der Waals surface area contributed by atoms with Crippen molar-refractivity contribution in [3.8, 4) is 5.75 Å². The number of carbonyl (C=O) groups is 1. The van der Waals surface area contributed by atoms with Crippen molar-refractivity contribution in [3.63, 3.8) is 0 Å². The minimum atomic E-state index is -0.211. The highest BCUT2D eigenvalue weighted by Crippen LogP contribution is 2.21. The third-order valence-corrected chi connectivity index (χ3v) is 3.94. The van der Waals surface area contributed by atoms with Crippen LogP contribution in [0.3, 0.4) is 0 Å². The number of phenols is 1. The number of rotatable bonds is 4. The zero-order chi connectivity index (χ0) is 15.4. The van der Waals surface area contributed by atoms with Crippen LogP contribution in [0.4, 0.5) is 5.69 Å². The monoisotopic (exact) mass is 302 g/mol. The Kier molecular flexibility index (Phi) is 4.75. The summed E-state index contributed by atoms with van der Waals surface area (Å²) in [5.41, 5.74) is 7.52. The predicted octanol–water partition coefficient (Wildman–Crippen LogP) is 2.97. The normalized spacial score (nSPS) is 10.4. The van der Waals surface area contributed by atoms with E-state index < -0.39 is 0 Å². The van der Waals surface area contributed by atoms with Crippen molar-refractivity contribution in [2.45, 2.75) is 11.4 Å². The largest absolute Gasteiger partial charge is 0.508 e. The van der Waals surface area contributed by atoms with E-state index in [2.05, 4.69) is 0 Å². The summed E-state index contributed by atoms with van der Waals surface area (Å²) >= 11 is 1.68. The average Bonchev–Trinajstić information content (AvgIpc) is 2.49. The van der Waals surface area contributed by atoms with Crippen LogP contribution in [0.5, 0.6) is 5.75 Å². The molecule has 0 atom stereocenters. The van der Waals surface area contributed by atoms with Gasteiger partial charge in [0.15, 0.2) is 0 Å². The van der Waals surface area contributed by atoms with Crippen molar-refractivity contribution in [1.29, 1.82) is 0 Å². The Morgan fingerprint density at radius 3 is 2.52 bits per heavy atom. The van der Waals surface area contributed by atoms with E-state index in [1.807, 2.05) is 30.5 Å². The van der Waals surface area contributed by atoms with Crippen LogP contribution < -0.4 is 5.73 Å². The predicted molar refractivity (Wildman–Crippen MR) is 86.5 cm³/mol. The lowest BCUT2D eigenvalue weighted by molar-refractivity contribution is 0.0785. The number of carbonyl (C=O) groups excluding carboxylic acids is 1. The number of hydrogen-bond donors (Lipinski definition) is 2. The van der Waals surface area contributed by atoms with Gasteiger partial charge >= 0.3 is 0 Å². The third-order valence-electron chi connectivity index (χ3n) is 3.19. The first kappa shape index (κ1) is 15.3. The van der Waals surface area contributed by atoms with E-state index in [4.69, 9.17) is 5.73 Å². The fourth-order valence-electron chi connectivity index (χ4n) is 2.01. The first-order valence-corrected chi connectivity index (χ1v) is 7.70. The molecular formula is C16H18N2O2S. The smallest absolute Gasteiger partial charge is 0.256 e. The van der Waals surface area contributed by atoms with Crippen LogP contribution in [-0.2, 0) is 6.54 Å². The Morgan fingerprint density at radius 2 is 1.90 bits per heavy atom. The Labute approximate surface area is 128 Å². The Hall–Kier alpha value is -2.14. The second-order valence-corrected chi connectivity index (χ2v) is 5.66. The molecule has 0 saturated heterocycles. The number of hydrogen-bond acceptors (Lipinski definition) is 4. The molecule has 2 aromatic rings. The number of thioether (sulfide) groups is 1. The van der Waals surface area contributed by atoms with Gasteiger partial charge in [0.1, 0.15) is 5.75 Å². The van der Waals surface area contributed by atoms with E-state index in [-0.39, 0.29) is 11.7 Å². The number of nitrogens with zero attached hydrogens (tertiary/aromatic N) is 1. The zero-order valence-electron chi connectivity index (χ0n) is 12.0. The number of benzene rings is 2. The maximum absolute atomic E-state index is 12.4. The van der Waals surface area contributed by atoms with Gasteiger partial charge in [0, 0.05) is 24.2 Å². The highest BCUT2D eigenvalue weighted by atomic mass is 32.2. The summed E-state index contributed by atoms with van der Waals surface area (Å²) < 4.78 is 0. The highest BCUT2D eigenvalue weighted by molar-refractivity contribution is 7.98. The van der Waals surface area contributed by atoms with Gasteiger partial charge in [-0.3, -0.25) is 4.79 Å². The van der Waals surface area contributed by atoms with Crippen LogP contribution in [-0.4, -0.2) is 29.2 Å². The average molecular weight is 302 g/mol. The quantitative estimate of drug-likeness (QED) is 0.518. The Morgan fingerprint density at radius 1 is 1.24 bits per heavy atom. The van der Waals surface area contributed by atoms with E-state index in [1.165, 1.54) is 23.1 Å². The molecule has 5 heteroatoms. The summed E-state index contributed by atoms with van der Waals surface area (Å²) in [6, 6.07) is 12.5. The summed E-state index contributed by atoms with van der Waals surface area (Å²) in [7, 11) is 1.72. The van der Waals surface area contributed by atoms with Gasteiger partial charge < -0.3 is 15.7 Å². The summed E-state index contributed by atoms with van der Waals surface area (Å²) in [6.45, 7) is 0.489. The number of anilines is 1. The van der Waals surface area contributed by atoms with Crippen LogP contribution in [0, 0.1) is 0 Å². The van der Waals surface area contributed by atoms with Crippen LogP contribution in [0.2, 0.25) is 0 Å². The molecule has 2 aromatic carbocycles. The van der Waals surface area contributed by atoms with Crippen LogP contribution in [0.1, 0.15) is 15.9 Å². The van der Waals surface area contributed by atoms with Gasteiger partial charge in [-0.1, -0.05) is 12.1 Å². The molecule has 0 aromatic heterocycles. The van der Waals surface area contributed by atoms with Crippen molar-refractivity contribution in [3.05, 3.63) is 53.6 Å². The first-order valence-electron chi connectivity index (χ1n) is 6.48. The minimum absolute atomic E-state index is 0.0327. The lowest BCUT2D eigenvalue weighted by atomic mass is 10.1. The molecule has 0 fully saturated rings. The van der Waals surface area contributed by atoms with Crippen LogP contribution >= 0.6 is 11.8 Å². The molecular weight excluding hydrogens is 284 g/mol. The van der Waals surface area contributed by atoms with Crippen LogP contribution in [0.25, 0.3) is 0 Å². The van der Waals surface area contributed by atoms with Gasteiger partial charge in [0.25, 0.3) is 5.91 Å². The van der Waals surface area contributed by atoms with Gasteiger partial charge in [-0.15, -0.1) is 11.8 Å². The SMILES string of the molecule is CSc1ccc(CN(C)C(=O)c2cc(O)ccc2N)cc1. The van der Waals surface area contributed by atoms with E-state index in [1.54, 1.807) is 23.7 Å². The second-order valence-electron chi connectivity index (χ2n) is 4.78. The highest BCUT2D eigenvalue weighted by Gasteiger charge is 2.15. The fraction of sp³-hybridized carbons (Fsp3) is 0.188.